The highest BCUT2D eigenvalue weighted by Crippen LogP contribution is 2.20. The maximum Gasteiger partial charge on any atom is 0.330 e. The number of amides is 1. The van der Waals surface area contributed by atoms with Crippen LogP contribution in [0.4, 0.5) is 11.5 Å². The highest BCUT2D eigenvalue weighted by atomic mass is 16.5. The molecule has 0 aliphatic rings. The van der Waals surface area contributed by atoms with Crippen LogP contribution in [0.5, 0.6) is 0 Å². The van der Waals surface area contributed by atoms with Gasteiger partial charge in [0.1, 0.15) is 5.82 Å². The van der Waals surface area contributed by atoms with Crippen LogP contribution in [0, 0.1) is 0 Å². The van der Waals surface area contributed by atoms with E-state index in [4.69, 9.17) is 15.2 Å². The molecule has 0 saturated heterocycles. The van der Waals surface area contributed by atoms with E-state index in [1.165, 1.54) is 16.6 Å². The first-order valence-corrected chi connectivity index (χ1v) is 8.95. The van der Waals surface area contributed by atoms with E-state index in [2.05, 4.69) is 4.98 Å². The number of H-pyrrole nitrogens is 1. The number of hydrogen-bond donors (Lipinski definition) is 2. The molecule has 9 heteroatoms. The molecule has 0 fully saturated rings. The molecule has 3 N–H and O–H groups in total. The summed E-state index contributed by atoms with van der Waals surface area (Å²) in [7, 11) is 3.08. The predicted molar refractivity (Wildman–Crippen MR) is 107 cm³/mol. The van der Waals surface area contributed by atoms with Gasteiger partial charge in [0.25, 0.3) is 11.5 Å². The molecular formula is C19H26N4O5. The third-order valence-corrected chi connectivity index (χ3v) is 4.21. The zero-order chi connectivity index (χ0) is 20.7. The fraction of sp³-hybridized carbons (Fsp3) is 0.421. The van der Waals surface area contributed by atoms with Gasteiger partial charge in [0, 0.05) is 32.9 Å². The molecule has 1 aromatic heterocycles. The van der Waals surface area contributed by atoms with E-state index < -0.39 is 17.2 Å². The zero-order valence-electron chi connectivity index (χ0n) is 16.4. The number of rotatable bonds is 9. The first-order valence-electron chi connectivity index (χ1n) is 8.95. The molecule has 1 aromatic carbocycles. The van der Waals surface area contributed by atoms with Gasteiger partial charge < -0.3 is 15.2 Å². The molecular weight excluding hydrogens is 364 g/mol. The number of nitrogens with one attached hydrogen (secondary N) is 1. The van der Waals surface area contributed by atoms with Crippen LogP contribution >= 0.6 is 0 Å². The van der Waals surface area contributed by atoms with Crippen molar-refractivity contribution in [2.45, 2.75) is 26.5 Å². The Balaban J connectivity index is 2.51. The topological polar surface area (TPSA) is 120 Å². The minimum Gasteiger partial charge on any atom is -0.383 e. The van der Waals surface area contributed by atoms with Gasteiger partial charge >= 0.3 is 5.69 Å². The number of anilines is 2. The standard InChI is InChI=1S/C19H26N4O5/c1-4-9-23-16(20)15(17(24)21-19(23)26)22(10-11-27-2)18(25)14-7-5-13(6-8-14)12-28-3/h5-8H,4,9-12,20H2,1-3H3,(H,21,24,26). The lowest BCUT2D eigenvalue weighted by Crippen LogP contribution is -2.42. The highest BCUT2D eigenvalue weighted by molar-refractivity contribution is 6.07. The molecule has 0 aliphatic heterocycles. The molecule has 0 radical (unpaired) electrons. The van der Waals surface area contributed by atoms with E-state index in [9.17, 15) is 14.4 Å². The van der Waals surface area contributed by atoms with Gasteiger partial charge in [0.15, 0.2) is 5.69 Å². The molecule has 0 aliphatic carbocycles. The summed E-state index contributed by atoms with van der Waals surface area (Å²) >= 11 is 0. The van der Waals surface area contributed by atoms with Crippen LogP contribution in [0.3, 0.4) is 0 Å². The number of carbonyl (C=O) groups is 1. The van der Waals surface area contributed by atoms with Gasteiger partial charge in [-0.05, 0) is 24.1 Å². The number of aromatic nitrogens is 2. The largest absolute Gasteiger partial charge is 0.383 e. The monoisotopic (exact) mass is 390 g/mol. The fourth-order valence-corrected chi connectivity index (χ4v) is 2.85. The van der Waals surface area contributed by atoms with E-state index in [1.54, 1.807) is 31.4 Å². The first kappa shape index (κ1) is 21.4. The van der Waals surface area contributed by atoms with Crippen molar-refractivity contribution in [1.29, 1.82) is 0 Å². The molecule has 0 unspecified atom stereocenters. The molecule has 2 rings (SSSR count). The lowest BCUT2D eigenvalue weighted by Gasteiger charge is -2.24. The second kappa shape index (κ2) is 9.86. The predicted octanol–water partition coefficient (Wildman–Crippen LogP) is 0.968. The average Bonchev–Trinajstić information content (AvgIpc) is 2.68. The summed E-state index contributed by atoms with van der Waals surface area (Å²) in [4.78, 5) is 41.2. The molecule has 0 atom stereocenters. The summed E-state index contributed by atoms with van der Waals surface area (Å²) in [6.07, 6.45) is 0.641. The second-order valence-corrected chi connectivity index (χ2v) is 6.22. The fourth-order valence-electron chi connectivity index (χ4n) is 2.85. The smallest absolute Gasteiger partial charge is 0.330 e. The number of methoxy groups -OCH3 is 2. The molecule has 2 aromatic rings. The number of carbonyl (C=O) groups excluding carboxylic acids is 1. The third kappa shape index (κ3) is 4.68. The summed E-state index contributed by atoms with van der Waals surface area (Å²) in [6.45, 7) is 2.93. The number of aromatic amines is 1. The molecule has 1 amide bonds. The number of nitrogens with zero attached hydrogens (tertiary/aromatic N) is 2. The molecule has 0 bridgehead atoms. The Morgan fingerprint density at radius 2 is 1.86 bits per heavy atom. The number of benzene rings is 1. The van der Waals surface area contributed by atoms with Crippen LogP contribution in [-0.4, -0.2) is 42.8 Å². The lowest BCUT2D eigenvalue weighted by atomic mass is 10.1. The SMILES string of the molecule is CCCn1c(N)c(N(CCOC)C(=O)c2ccc(COC)cc2)c(=O)[nH]c1=O. The van der Waals surface area contributed by atoms with E-state index >= 15 is 0 Å². The van der Waals surface area contributed by atoms with Gasteiger partial charge in [-0.25, -0.2) is 4.79 Å². The van der Waals surface area contributed by atoms with Gasteiger partial charge in [-0.1, -0.05) is 19.1 Å². The van der Waals surface area contributed by atoms with Gasteiger partial charge in [-0.2, -0.15) is 0 Å². The van der Waals surface area contributed by atoms with Gasteiger partial charge in [0.2, 0.25) is 0 Å². The molecule has 0 saturated carbocycles. The van der Waals surface area contributed by atoms with E-state index in [1.807, 2.05) is 6.92 Å². The van der Waals surface area contributed by atoms with Gasteiger partial charge in [0.05, 0.1) is 13.2 Å². The van der Waals surface area contributed by atoms with Crippen LogP contribution in [0.2, 0.25) is 0 Å². The summed E-state index contributed by atoms with van der Waals surface area (Å²) in [5, 5.41) is 0. The quantitative estimate of drug-likeness (QED) is 0.658. The summed E-state index contributed by atoms with van der Waals surface area (Å²) in [5.74, 6) is -0.462. The minimum atomic E-state index is -0.713. The van der Waals surface area contributed by atoms with Crippen molar-refractivity contribution in [1.82, 2.24) is 9.55 Å². The normalized spacial score (nSPS) is 10.8. The Kier molecular flexibility index (Phi) is 7.53. The van der Waals surface area contributed by atoms with Crippen molar-refractivity contribution < 1.29 is 14.3 Å². The molecule has 28 heavy (non-hydrogen) atoms. The minimum absolute atomic E-state index is 0.0453. The Morgan fingerprint density at radius 1 is 1.18 bits per heavy atom. The van der Waals surface area contributed by atoms with Crippen LogP contribution < -0.4 is 21.9 Å². The Hall–Kier alpha value is -2.91. The van der Waals surface area contributed by atoms with E-state index in [0.717, 1.165) is 5.56 Å². The highest BCUT2D eigenvalue weighted by Gasteiger charge is 2.25. The molecule has 0 spiro atoms. The van der Waals surface area contributed by atoms with Crippen molar-refractivity contribution in [2.75, 3.05) is 38.0 Å². The van der Waals surface area contributed by atoms with Crippen molar-refractivity contribution in [3.8, 4) is 0 Å². The molecule has 1 heterocycles. The Morgan fingerprint density at radius 3 is 2.43 bits per heavy atom. The van der Waals surface area contributed by atoms with Gasteiger partial charge in [-0.15, -0.1) is 0 Å². The van der Waals surface area contributed by atoms with E-state index in [-0.39, 0.29) is 24.7 Å². The van der Waals surface area contributed by atoms with Crippen LogP contribution in [0.1, 0.15) is 29.3 Å². The molecule has 9 nitrogen and oxygen atoms in total. The van der Waals surface area contributed by atoms with Crippen molar-refractivity contribution in [3.05, 3.63) is 56.2 Å². The average molecular weight is 390 g/mol. The summed E-state index contributed by atoms with van der Waals surface area (Å²) < 4.78 is 11.4. The number of nitrogens with two attached hydrogens (primary N) is 1. The molecule has 152 valence electrons. The van der Waals surface area contributed by atoms with Crippen molar-refractivity contribution >= 4 is 17.4 Å². The maximum absolute atomic E-state index is 13.1. The van der Waals surface area contributed by atoms with Crippen LogP contribution in [-0.2, 0) is 22.6 Å². The Bertz CT molecular complexity index is 917. The number of hydrogen-bond acceptors (Lipinski definition) is 6. The maximum atomic E-state index is 13.1. The van der Waals surface area contributed by atoms with E-state index in [0.29, 0.717) is 25.1 Å². The van der Waals surface area contributed by atoms with Crippen LogP contribution in [0.15, 0.2) is 33.9 Å². The van der Waals surface area contributed by atoms with Crippen molar-refractivity contribution in [3.63, 3.8) is 0 Å². The lowest BCUT2D eigenvalue weighted by molar-refractivity contribution is 0.0975. The summed E-state index contributed by atoms with van der Waals surface area (Å²) in [6, 6.07) is 6.86. The van der Waals surface area contributed by atoms with Crippen LogP contribution in [0.25, 0.3) is 0 Å². The van der Waals surface area contributed by atoms with Crippen molar-refractivity contribution in [2.24, 2.45) is 0 Å². The second-order valence-electron chi connectivity index (χ2n) is 6.22. The summed E-state index contributed by atoms with van der Waals surface area (Å²) in [5.41, 5.74) is 6.03. The first-order chi connectivity index (χ1) is 13.4. The Labute approximate surface area is 162 Å². The number of ether oxygens (including phenoxy) is 2. The number of nitrogen functional groups attached to an aromatic ring is 1. The van der Waals surface area contributed by atoms with Gasteiger partial charge in [-0.3, -0.25) is 24.0 Å². The third-order valence-electron chi connectivity index (χ3n) is 4.21. The zero-order valence-corrected chi connectivity index (χ0v) is 16.4.